The maximum Gasteiger partial charge on any atom is 0.229 e. The largest absolute Gasteiger partial charge is 0.457 e. The average Bonchev–Trinajstić information content (AvgIpc) is 2.89. The maximum atomic E-state index is 12.1. The Balaban J connectivity index is 1.67. The van der Waals surface area contributed by atoms with Crippen molar-refractivity contribution >= 4 is 17.5 Å². The number of nitrogens with one attached hydrogen (secondary N) is 1. The van der Waals surface area contributed by atoms with Crippen LogP contribution in [0.15, 0.2) is 54.6 Å². The van der Waals surface area contributed by atoms with Crippen LogP contribution in [0, 0.1) is 0 Å². The van der Waals surface area contributed by atoms with Gasteiger partial charge in [-0.15, -0.1) is 0 Å². The van der Waals surface area contributed by atoms with Crippen molar-refractivity contribution in [3.8, 4) is 11.5 Å². The standard InChI is InChI=1S/C18H18N2O3/c1-13(21)19-14-11-18(22)20(12-14)15-7-9-17(10-8-15)23-16-5-3-2-4-6-16/h2-10,14H,11-12H2,1H3,(H,19,21). The number of carbonyl (C=O) groups excluding carboxylic acids is 2. The highest BCUT2D eigenvalue weighted by atomic mass is 16.5. The van der Waals surface area contributed by atoms with Gasteiger partial charge in [-0.25, -0.2) is 0 Å². The number of carbonyl (C=O) groups is 2. The van der Waals surface area contributed by atoms with Crippen molar-refractivity contribution in [2.24, 2.45) is 0 Å². The molecule has 0 aliphatic carbocycles. The van der Waals surface area contributed by atoms with Crippen molar-refractivity contribution in [2.75, 3.05) is 11.4 Å². The van der Waals surface area contributed by atoms with Crippen LogP contribution in [0.2, 0.25) is 0 Å². The third kappa shape index (κ3) is 3.69. The molecule has 1 N–H and O–H groups in total. The molecular weight excluding hydrogens is 292 g/mol. The number of rotatable bonds is 4. The summed E-state index contributed by atoms with van der Waals surface area (Å²) in [6.45, 7) is 1.96. The Bertz CT molecular complexity index is 698. The molecule has 0 aromatic heterocycles. The first-order valence-corrected chi connectivity index (χ1v) is 7.52. The molecule has 1 fully saturated rings. The van der Waals surface area contributed by atoms with Gasteiger partial charge in [-0.05, 0) is 36.4 Å². The molecule has 118 valence electrons. The summed E-state index contributed by atoms with van der Waals surface area (Å²) in [4.78, 5) is 24.9. The first-order valence-electron chi connectivity index (χ1n) is 7.52. The lowest BCUT2D eigenvalue weighted by Crippen LogP contribution is -2.35. The van der Waals surface area contributed by atoms with Crippen LogP contribution < -0.4 is 15.0 Å². The van der Waals surface area contributed by atoms with Crippen LogP contribution in [0.1, 0.15) is 13.3 Å². The lowest BCUT2D eigenvalue weighted by molar-refractivity contribution is -0.119. The Labute approximate surface area is 134 Å². The minimum absolute atomic E-state index is 0.0143. The highest BCUT2D eigenvalue weighted by Gasteiger charge is 2.30. The van der Waals surface area contributed by atoms with E-state index in [9.17, 15) is 9.59 Å². The van der Waals surface area contributed by atoms with Gasteiger partial charge in [-0.2, -0.15) is 0 Å². The smallest absolute Gasteiger partial charge is 0.229 e. The highest BCUT2D eigenvalue weighted by molar-refractivity contribution is 5.96. The molecule has 5 heteroatoms. The molecule has 23 heavy (non-hydrogen) atoms. The molecule has 1 unspecified atom stereocenters. The van der Waals surface area contributed by atoms with Crippen molar-refractivity contribution in [1.82, 2.24) is 5.32 Å². The minimum atomic E-state index is -0.125. The number of benzene rings is 2. The van der Waals surface area contributed by atoms with Gasteiger partial charge in [0.1, 0.15) is 11.5 Å². The number of amides is 2. The predicted octanol–water partition coefficient (Wildman–Crippen LogP) is 2.72. The molecule has 0 saturated carbocycles. The van der Waals surface area contributed by atoms with Crippen molar-refractivity contribution in [2.45, 2.75) is 19.4 Å². The lowest BCUT2D eigenvalue weighted by atomic mass is 10.2. The number of hydrogen-bond donors (Lipinski definition) is 1. The molecule has 1 atom stereocenters. The van der Waals surface area contributed by atoms with Crippen LogP contribution in [0.3, 0.4) is 0 Å². The summed E-state index contributed by atoms with van der Waals surface area (Å²) in [6, 6.07) is 16.8. The second kappa shape index (κ2) is 6.52. The van der Waals surface area contributed by atoms with E-state index in [1.165, 1.54) is 6.92 Å². The highest BCUT2D eigenvalue weighted by Crippen LogP contribution is 2.26. The van der Waals surface area contributed by atoms with E-state index < -0.39 is 0 Å². The summed E-state index contributed by atoms with van der Waals surface area (Å²) in [6.07, 6.45) is 0.335. The fraction of sp³-hybridized carbons (Fsp3) is 0.222. The van der Waals surface area contributed by atoms with Crippen LogP contribution in [-0.2, 0) is 9.59 Å². The number of anilines is 1. The first-order chi connectivity index (χ1) is 11.1. The van der Waals surface area contributed by atoms with E-state index >= 15 is 0 Å². The van der Waals surface area contributed by atoms with Crippen LogP contribution in [0.5, 0.6) is 11.5 Å². The quantitative estimate of drug-likeness (QED) is 0.944. The molecule has 2 aromatic rings. The fourth-order valence-corrected chi connectivity index (χ4v) is 2.66. The summed E-state index contributed by atoms with van der Waals surface area (Å²) < 4.78 is 5.74. The predicted molar refractivity (Wildman–Crippen MR) is 87.5 cm³/mol. The molecule has 1 heterocycles. The molecule has 1 aliphatic heterocycles. The second-order valence-corrected chi connectivity index (χ2v) is 5.51. The van der Waals surface area contributed by atoms with Crippen LogP contribution >= 0.6 is 0 Å². The second-order valence-electron chi connectivity index (χ2n) is 5.51. The number of para-hydroxylation sites is 1. The SMILES string of the molecule is CC(=O)NC1CC(=O)N(c2ccc(Oc3ccccc3)cc2)C1. The average molecular weight is 310 g/mol. The maximum absolute atomic E-state index is 12.1. The molecule has 2 aromatic carbocycles. The fourth-order valence-electron chi connectivity index (χ4n) is 2.66. The van der Waals surface area contributed by atoms with Gasteiger partial charge in [0.15, 0.2) is 0 Å². The summed E-state index contributed by atoms with van der Waals surface area (Å²) in [5.41, 5.74) is 0.809. The van der Waals surface area contributed by atoms with E-state index in [-0.39, 0.29) is 17.9 Å². The van der Waals surface area contributed by atoms with E-state index in [1.54, 1.807) is 4.90 Å². The number of nitrogens with zero attached hydrogens (tertiary/aromatic N) is 1. The van der Waals surface area contributed by atoms with Gasteiger partial charge < -0.3 is 15.0 Å². The molecule has 0 bridgehead atoms. The van der Waals surface area contributed by atoms with Gasteiger partial charge in [0.05, 0.1) is 6.04 Å². The first kappa shape index (κ1) is 15.1. The molecule has 1 saturated heterocycles. The van der Waals surface area contributed by atoms with Crippen LogP contribution in [-0.4, -0.2) is 24.4 Å². The summed E-state index contributed by atoms with van der Waals surface area (Å²) in [5, 5.41) is 2.79. The van der Waals surface area contributed by atoms with Crippen molar-refractivity contribution in [1.29, 1.82) is 0 Å². The monoisotopic (exact) mass is 310 g/mol. The Morgan fingerprint density at radius 3 is 2.39 bits per heavy atom. The summed E-state index contributed by atoms with van der Waals surface area (Å²) in [5.74, 6) is 1.38. The summed E-state index contributed by atoms with van der Waals surface area (Å²) in [7, 11) is 0. The van der Waals surface area contributed by atoms with Crippen molar-refractivity contribution < 1.29 is 14.3 Å². The van der Waals surface area contributed by atoms with Gasteiger partial charge in [-0.1, -0.05) is 18.2 Å². The molecule has 2 amide bonds. The van der Waals surface area contributed by atoms with Gasteiger partial charge >= 0.3 is 0 Å². The van der Waals surface area contributed by atoms with E-state index in [0.717, 1.165) is 11.4 Å². The zero-order valence-corrected chi connectivity index (χ0v) is 12.9. The topological polar surface area (TPSA) is 58.6 Å². The van der Waals surface area contributed by atoms with Crippen molar-refractivity contribution in [3.63, 3.8) is 0 Å². The molecule has 1 aliphatic rings. The van der Waals surface area contributed by atoms with E-state index in [1.807, 2.05) is 54.6 Å². The molecule has 0 radical (unpaired) electrons. The Morgan fingerprint density at radius 1 is 1.09 bits per heavy atom. The Kier molecular flexibility index (Phi) is 4.28. The third-order valence-electron chi connectivity index (χ3n) is 3.66. The van der Waals surface area contributed by atoms with Gasteiger partial charge in [0.2, 0.25) is 11.8 Å². The van der Waals surface area contributed by atoms with Crippen LogP contribution in [0.25, 0.3) is 0 Å². The van der Waals surface area contributed by atoms with Gasteiger partial charge in [0.25, 0.3) is 0 Å². The number of hydrogen-bond acceptors (Lipinski definition) is 3. The van der Waals surface area contributed by atoms with Gasteiger partial charge in [0, 0.05) is 25.6 Å². The molecule has 0 spiro atoms. The zero-order valence-electron chi connectivity index (χ0n) is 12.9. The molecule has 3 rings (SSSR count). The number of ether oxygens (including phenoxy) is 1. The Hall–Kier alpha value is -2.82. The van der Waals surface area contributed by atoms with E-state index in [2.05, 4.69) is 5.32 Å². The van der Waals surface area contributed by atoms with Crippen LogP contribution in [0.4, 0.5) is 5.69 Å². The van der Waals surface area contributed by atoms with Gasteiger partial charge in [-0.3, -0.25) is 9.59 Å². The molecular formula is C18H18N2O3. The lowest BCUT2D eigenvalue weighted by Gasteiger charge is -2.17. The normalized spacial score (nSPS) is 17.2. The Morgan fingerprint density at radius 2 is 1.74 bits per heavy atom. The van der Waals surface area contributed by atoms with E-state index in [0.29, 0.717) is 18.7 Å². The molecule has 5 nitrogen and oxygen atoms in total. The van der Waals surface area contributed by atoms with Crippen molar-refractivity contribution in [3.05, 3.63) is 54.6 Å². The third-order valence-corrected chi connectivity index (χ3v) is 3.66. The van der Waals surface area contributed by atoms with E-state index in [4.69, 9.17) is 4.74 Å². The summed E-state index contributed by atoms with van der Waals surface area (Å²) >= 11 is 0. The zero-order chi connectivity index (χ0) is 16.2. The minimum Gasteiger partial charge on any atom is -0.457 e.